The molecule has 2 aromatic rings. The maximum atomic E-state index is 12.8. The lowest BCUT2D eigenvalue weighted by molar-refractivity contribution is -0.123. The Morgan fingerprint density at radius 2 is 1.84 bits per heavy atom. The number of aliphatic hydroxyl groups is 1. The van der Waals surface area contributed by atoms with Crippen LogP contribution in [0.15, 0.2) is 53.4 Å². The van der Waals surface area contributed by atoms with E-state index in [2.05, 4.69) is 10.0 Å². The molecule has 170 valence electrons. The summed E-state index contributed by atoms with van der Waals surface area (Å²) in [7, 11) is -0.876. The summed E-state index contributed by atoms with van der Waals surface area (Å²) >= 11 is 1.50. The predicted octanol–water partition coefficient (Wildman–Crippen LogP) is 1.95. The second-order valence-corrected chi connectivity index (χ2v) is 9.34. The zero-order valence-electron chi connectivity index (χ0n) is 17.7. The van der Waals surface area contributed by atoms with Gasteiger partial charge in [0.15, 0.2) is 0 Å². The molecule has 2 unspecified atom stereocenters. The molecule has 0 saturated heterocycles. The van der Waals surface area contributed by atoms with Crippen LogP contribution in [0.5, 0.6) is 11.5 Å². The average Bonchev–Trinajstić information content (AvgIpc) is 2.79. The Balaban J connectivity index is 2.10. The van der Waals surface area contributed by atoms with Gasteiger partial charge in [-0.3, -0.25) is 4.79 Å². The fraction of sp³-hybridized carbons (Fsp3) is 0.381. The third-order valence-corrected chi connectivity index (χ3v) is 6.68. The molecule has 0 aromatic heterocycles. The summed E-state index contributed by atoms with van der Waals surface area (Å²) in [6.45, 7) is -0.120. The molecule has 0 aliphatic heterocycles. The van der Waals surface area contributed by atoms with E-state index < -0.39 is 28.1 Å². The van der Waals surface area contributed by atoms with Crippen LogP contribution in [0.2, 0.25) is 0 Å². The van der Waals surface area contributed by atoms with Gasteiger partial charge in [0.1, 0.15) is 17.5 Å². The molecule has 3 N–H and O–H groups in total. The molecule has 0 aliphatic carbocycles. The van der Waals surface area contributed by atoms with Crippen molar-refractivity contribution in [1.82, 2.24) is 10.0 Å². The smallest absolute Gasteiger partial charge is 0.241 e. The minimum Gasteiger partial charge on any atom is -0.497 e. The molecule has 10 heteroatoms. The molecular weight excluding hydrogens is 440 g/mol. The van der Waals surface area contributed by atoms with Gasteiger partial charge < -0.3 is 19.9 Å². The van der Waals surface area contributed by atoms with Gasteiger partial charge in [-0.1, -0.05) is 18.2 Å². The van der Waals surface area contributed by atoms with Crippen molar-refractivity contribution in [2.45, 2.75) is 23.5 Å². The minimum atomic E-state index is -3.86. The van der Waals surface area contributed by atoms with Gasteiger partial charge in [-0.05, 0) is 48.8 Å². The summed E-state index contributed by atoms with van der Waals surface area (Å²) in [5.41, 5.74) is 0.452. The summed E-state index contributed by atoms with van der Waals surface area (Å²) in [5, 5.41) is 13.2. The molecule has 2 rings (SSSR count). The van der Waals surface area contributed by atoms with Gasteiger partial charge in [0, 0.05) is 12.1 Å². The standard InChI is InChI=1S/C21H28N2O6S2/c1-28-15-9-10-20(29-2)17(13-15)19(24)14-22-21(25)18(11-12-30-3)23-31(26,27)16-7-5-4-6-8-16/h4-10,13,18-19,23-24H,11-12,14H2,1-3H3,(H,22,25). The first-order valence-electron chi connectivity index (χ1n) is 9.56. The first-order chi connectivity index (χ1) is 14.8. The van der Waals surface area contributed by atoms with Crippen LogP contribution >= 0.6 is 11.8 Å². The molecule has 0 spiro atoms. The highest BCUT2D eigenvalue weighted by atomic mass is 32.2. The number of sulfonamides is 1. The van der Waals surface area contributed by atoms with Crippen LogP contribution < -0.4 is 19.5 Å². The molecule has 2 atom stereocenters. The van der Waals surface area contributed by atoms with E-state index in [1.807, 2.05) is 6.26 Å². The first-order valence-corrected chi connectivity index (χ1v) is 12.4. The van der Waals surface area contributed by atoms with Crippen LogP contribution in [-0.4, -0.2) is 58.2 Å². The number of ether oxygens (including phenoxy) is 2. The van der Waals surface area contributed by atoms with Crippen LogP contribution in [0.4, 0.5) is 0 Å². The number of benzene rings is 2. The highest BCUT2D eigenvalue weighted by Gasteiger charge is 2.26. The Bertz CT molecular complexity index is 954. The monoisotopic (exact) mass is 468 g/mol. The molecule has 2 aromatic carbocycles. The van der Waals surface area contributed by atoms with Crippen LogP contribution in [0.25, 0.3) is 0 Å². The van der Waals surface area contributed by atoms with Crippen molar-refractivity contribution in [3.05, 3.63) is 54.1 Å². The van der Waals surface area contributed by atoms with E-state index in [1.165, 1.54) is 38.1 Å². The Morgan fingerprint density at radius 1 is 1.13 bits per heavy atom. The lowest BCUT2D eigenvalue weighted by Crippen LogP contribution is -2.47. The fourth-order valence-corrected chi connectivity index (χ4v) is 4.59. The second-order valence-electron chi connectivity index (χ2n) is 6.64. The molecule has 0 heterocycles. The minimum absolute atomic E-state index is 0.0816. The summed E-state index contributed by atoms with van der Waals surface area (Å²) in [5.74, 6) is 1.05. The maximum absolute atomic E-state index is 12.8. The van der Waals surface area contributed by atoms with E-state index >= 15 is 0 Å². The topological polar surface area (TPSA) is 114 Å². The van der Waals surface area contributed by atoms with Crippen LogP contribution in [0, 0.1) is 0 Å². The zero-order valence-corrected chi connectivity index (χ0v) is 19.3. The second kappa shape index (κ2) is 11.9. The number of methoxy groups -OCH3 is 2. The number of thioether (sulfide) groups is 1. The van der Waals surface area contributed by atoms with E-state index in [-0.39, 0.29) is 11.4 Å². The van der Waals surface area contributed by atoms with Crippen LogP contribution in [0.1, 0.15) is 18.1 Å². The number of hydrogen-bond donors (Lipinski definition) is 3. The van der Waals surface area contributed by atoms with Crippen molar-refractivity contribution >= 4 is 27.7 Å². The Hall–Kier alpha value is -2.27. The van der Waals surface area contributed by atoms with E-state index in [0.29, 0.717) is 29.2 Å². The highest BCUT2D eigenvalue weighted by Crippen LogP contribution is 2.29. The zero-order chi connectivity index (χ0) is 22.9. The van der Waals surface area contributed by atoms with Gasteiger partial charge in [0.25, 0.3) is 0 Å². The maximum Gasteiger partial charge on any atom is 0.241 e. The number of carbonyl (C=O) groups is 1. The van der Waals surface area contributed by atoms with Crippen molar-refractivity contribution in [3.63, 3.8) is 0 Å². The quantitative estimate of drug-likeness (QED) is 0.436. The van der Waals surface area contributed by atoms with E-state index in [9.17, 15) is 18.3 Å². The Morgan fingerprint density at radius 3 is 2.45 bits per heavy atom. The molecule has 1 amide bonds. The SMILES string of the molecule is COc1ccc(OC)c(C(O)CNC(=O)C(CCSC)NS(=O)(=O)c2ccccc2)c1. The number of nitrogens with one attached hydrogen (secondary N) is 2. The van der Waals surface area contributed by atoms with Crippen molar-refractivity contribution in [1.29, 1.82) is 0 Å². The Kier molecular flexibility index (Phi) is 9.63. The van der Waals surface area contributed by atoms with Gasteiger partial charge in [-0.15, -0.1) is 0 Å². The van der Waals surface area contributed by atoms with Gasteiger partial charge in [-0.25, -0.2) is 8.42 Å². The average molecular weight is 469 g/mol. The molecule has 0 saturated carbocycles. The normalized spacial score (nSPS) is 13.3. The van der Waals surface area contributed by atoms with Crippen molar-refractivity contribution in [3.8, 4) is 11.5 Å². The van der Waals surface area contributed by atoms with Crippen molar-refractivity contribution in [2.75, 3.05) is 32.8 Å². The number of rotatable bonds is 12. The van der Waals surface area contributed by atoms with E-state index in [4.69, 9.17) is 9.47 Å². The van der Waals surface area contributed by atoms with Crippen molar-refractivity contribution in [2.24, 2.45) is 0 Å². The van der Waals surface area contributed by atoms with E-state index in [1.54, 1.807) is 36.4 Å². The number of amides is 1. The molecule has 0 radical (unpaired) electrons. The van der Waals surface area contributed by atoms with E-state index in [0.717, 1.165) is 0 Å². The van der Waals surface area contributed by atoms with Gasteiger partial charge in [0.2, 0.25) is 15.9 Å². The number of aliphatic hydroxyl groups excluding tert-OH is 1. The molecule has 0 aliphatic rings. The molecule has 0 fully saturated rings. The summed E-state index contributed by atoms with van der Waals surface area (Å²) in [6, 6.07) is 11.9. The molecule has 0 bridgehead atoms. The third-order valence-electron chi connectivity index (χ3n) is 4.54. The molecule has 8 nitrogen and oxygen atoms in total. The fourth-order valence-electron chi connectivity index (χ4n) is 2.86. The largest absolute Gasteiger partial charge is 0.497 e. The molecule has 31 heavy (non-hydrogen) atoms. The van der Waals surface area contributed by atoms with Gasteiger partial charge >= 0.3 is 0 Å². The van der Waals surface area contributed by atoms with Crippen molar-refractivity contribution < 1.29 is 27.8 Å². The number of hydrogen-bond acceptors (Lipinski definition) is 7. The Labute approximate surface area is 187 Å². The summed E-state index contributed by atoms with van der Waals surface area (Å²) in [4.78, 5) is 12.8. The highest BCUT2D eigenvalue weighted by molar-refractivity contribution is 7.98. The lowest BCUT2D eigenvalue weighted by atomic mass is 10.1. The number of carbonyl (C=O) groups excluding carboxylic acids is 1. The predicted molar refractivity (Wildman–Crippen MR) is 121 cm³/mol. The first kappa shape index (κ1) is 25.0. The van der Waals surface area contributed by atoms with Crippen LogP contribution in [-0.2, 0) is 14.8 Å². The van der Waals surface area contributed by atoms with Gasteiger partial charge in [0.05, 0.1) is 25.2 Å². The third kappa shape index (κ3) is 7.13. The summed E-state index contributed by atoms with van der Waals surface area (Å²) < 4.78 is 38.2. The molecular formula is C21H28N2O6S2. The lowest BCUT2D eigenvalue weighted by Gasteiger charge is -2.20. The van der Waals surface area contributed by atoms with Crippen LogP contribution in [0.3, 0.4) is 0 Å². The van der Waals surface area contributed by atoms with Gasteiger partial charge in [-0.2, -0.15) is 16.5 Å². The summed E-state index contributed by atoms with van der Waals surface area (Å²) in [6.07, 6.45) is 1.11.